The van der Waals surface area contributed by atoms with Crippen LogP contribution in [-0.2, 0) is 33.0 Å². The molecule has 0 saturated heterocycles. The smallest absolute Gasteiger partial charge is 0.254 e. The van der Waals surface area contributed by atoms with Gasteiger partial charge in [-0.15, -0.1) is 0 Å². The van der Waals surface area contributed by atoms with Crippen LogP contribution in [0.5, 0.6) is 0 Å². The zero-order valence-electron chi connectivity index (χ0n) is 23.4. The van der Waals surface area contributed by atoms with Gasteiger partial charge in [-0.1, -0.05) is 65.7 Å². The maximum absolute atomic E-state index is 12.7. The van der Waals surface area contributed by atoms with Gasteiger partial charge in [0.05, 0.1) is 38.4 Å². The number of aryl methyl sites for hydroxylation is 2. The van der Waals surface area contributed by atoms with E-state index in [0.717, 1.165) is 61.2 Å². The van der Waals surface area contributed by atoms with E-state index in [0.29, 0.717) is 6.54 Å². The van der Waals surface area contributed by atoms with Crippen LogP contribution in [-0.4, -0.2) is 36.9 Å². The second-order valence-electron chi connectivity index (χ2n) is 10.7. The van der Waals surface area contributed by atoms with Crippen LogP contribution in [0.1, 0.15) is 57.5 Å². The molecule has 1 amide bonds. The highest BCUT2D eigenvalue weighted by molar-refractivity contribution is 6.39. The summed E-state index contributed by atoms with van der Waals surface area (Å²) in [5.74, 6) is 0.756. The highest BCUT2D eigenvalue weighted by Crippen LogP contribution is 2.34. The van der Waals surface area contributed by atoms with Crippen molar-refractivity contribution < 1.29 is 4.79 Å². The molecule has 0 fully saturated rings. The third-order valence-corrected chi connectivity index (χ3v) is 8.62. The Balaban J connectivity index is 1.18. The lowest BCUT2D eigenvalue weighted by atomic mass is 9.90. The monoisotopic (exact) mass is 598 g/mol. The van der Waals surface area contributed by atoms with Gasteiger partial charge >= 0.3 is 0 Å². The van der Waals surface area contributed by atoms with Crippen LogP contribution in [0.15, 0.2) is 79.3 Å². The Morgan fingerprint density at radius 3 is 2.57 bits per heavy atom. The van der Waals surface area contributed by atoms with Crippen LogP contribution in [0.3, 0.4) is 0 Å². The number of hydrogen-bond acceptors (Lipinski definition) is 5. The van der Waals surface area contributed by atoms with Crippen molar-refractivity contribution in [1.29, 1.82) is 0 Å². The summed E-state index contributed by atoms with van der Waals surface area (Å²) in [6, 6.07) is 21.2. The van der Waals surface area contributed by atoms with Gasteiger partial charge in [-0.2, -0.15) is 0 Å². The first-order chi connectivity index (χ1) is 20.5. The number of halogens is 2. The molecule has 2 aromatic carbocycles. The van der Waals surface area contributed by atoms with Gasteiger partial charge in [0.1, 0.15) is 5.82 Å². The third-order valence-electron chi connectivity index (χ3n) is 8.05. The van der Waals surface area contributed by atoms with E-state index in [2.05, 4.69) is 75.3 Å². The van der Waals surface area contributed by atoms with E-state index in [9.17, 15) is 4.79 Å². The molecule has 0 saturated carbocycles. The number of imidazole rings is 1. The number of amides is 1. The average Bonchev–Trinajstić information content (AvgIpc) is 3.33. The summed E-state index contributed by atoms with van der Waals surface area (Å²) in [4.78, 5) is 28.9. The van der Waals surface area contributed by atoms with Gasteiger partial charge in [0, 0.05) is 51.7 Å². The number of rotatable bonds is 9. The van der Waals surface area contributed by atoms with Gasteiger partial charge in [-0.05, 0) is 54.2 Å². The topological polar surface area (TPSA) is 75.9 Å². The summed E-state index contributed by atoms with van der Waals surface area (Å²) in [5, 5.41) is 3.37. The SMILES string of the molecule is Cn1c(CCN(Cc2ccc(CNC(=O)c3c(Cl)cncc3Cl)cc2)C2CCCc3cccnc32)nc2ccccc21. The number of aromatic nitrogens is 4. The Labute approximate surface area is 255 Å². The molecule has 1 aliphatic rings. The van der Waals surface area contributed by atoms with Crippen LogP contribution in [0.25, 0.3) is 11.0 Å². The Morgan fingerprint density at radius 2 is 1.79 bits per heavy atom. The second kappa shape index (κ2) is 12.6. The average molecular weight is 600 g/mol. The quantitative estimate of drug-likeness (QED) is 0.204. The van der Waals surface area contributed by atoms with E-state index in [4.69, 9.17) is 33.2 Å². The fourth-order valence-electron chi connectivity index (χ4n) is 5.84. The largest absolute Gasteiger partial charge is 0.348 e. The number of fused-ring (bicyclic) bond motifs is 2. The number of hydrogen-bond donors (Lipinski definition) is 1. The molecule has 214 valence electrons. The predicted octanol–water partition coefficient (Wildman–Crippen LogP) is 6.72. The molecule has 0 aliphatic heterocycles. The minimum atomic E-state index is -0.326. The zero-order valence-corrected chi connectivity index (χ0v) is 24.9. The van der Waals surface area contributed by atoms with Gasteiger partial charge in [0.25, 0.3) is 5.91 Å². The minimum absolute atomic E-state index is 0.229. The van der Waals surface area contributed by atoms with Crippen LogP contribution in [0, 0.1) is 0 Å². The first-order valence-electron chi connectivity index (χ1n) is 14.2. The molecule has 1 atom stereocenters. The molecule has 1 aliphatic carbocycles. The highest BCUT2D eigenvalue weighted by Gasteiger charge is 2.27. The van der Waals surface area contributed by atoms with Crippen molar-refractivity contribution in [2.45, 2.75) is 44.8 Å². The van der Waals surface area contributed by atoms with Crippen LogP contribution in [0.2, 0.25) is 10.0 Å². The molecular formula is C33H32Cl2N6O. The molecule has 5 aromatic rings. The molecule has 6 rings (SSSR count). The van der Waals surface area contributed by atoms with Gasteiger partial charge in [-0.25, -0.2) is 4.98 Å². The minimum Gasteiger partial charge on any atom is -0.348 e. The molecular weight excluding hydrogens is 567 g/mol. The van der Waals surface area contributed by atoms with E-state index in [1.165, 1.54) is 29.2 Å². The Bertz CT molecular complexity index is 1700. The molecule has 0 radical (unpaired) electrons. The van der Waals surface area contributed by atoms with E-state index < -0.39 is 0 Å². The molecule has 0 spiro atoms. The standard InChI is InChI=1S/C33H32Cl2N6O/c1-40-28-9-3-2-8-27(28)39-30(40)15-17-41(29-10-4-6-24-7-5-16-37-32(24)29)21-23-13-11-22(12-14-23)18-38-33(42)31-25(34)19-36-20-26(31)35/h2-3,5,7-9,11-14,16,19-20,29H,4,6,10,15,17-18,21H2,1H3,(H,38,42). The maximum Gasteiger partial charge on any atom is 0.254 e. The molecule has 0 bridgehead atoms. The van der Waals surface area contributed by atoms with Gasteiger partial charge in [0.15, 0.2) is 0 Å². The summed E-state index contributed by atoms with van der Waals surface area (Å²) in [6.45, 7) is 2.02. The lowest BCUT2D eigenvalue weighted by Gasteiger charge is -2.35. The highest BCUT2D eigenvalue weighted by atomic mass is 35.5. The second-order valence-corrected chi connectivity index (χ2v) is 11.5. The maximum atomic E-state index is 12.7. The number of carbonyl (C=O) groups is 1. The summed E-state index contributed by atoms with van der Waals surface area (Å²) in [6.07, 6.45) is 8.89. The zero-order chi connectivity index (χ0) is 29.1. The normalized spacial score (nSPS) is 14.7. The Morgan fingerprint density at radius 1 is 1.02 bits per heavy atom. The van der Waals surface area contributed by atoms with Crippen molar-refractivity contribution in [2.75, 3.05) is 6.54 Å². The van der Waals surface area contributed by atoms with Crippen molar-refractivity contribution >= 4 is 40.1 Å². The van der Waals surface area contributed by atoms with Crippen molar-refractivity contribution in [1.82, 2.24) is 29.7 Å². The van der Waals surface area contributed by atoms with Gasteiger partial charge < -0.3 is 9.88 Å². The fraction of sp³-hybridized carbons (Fsp3) is 0.273. The summed E-state index contributed by atoms with van der Waals surface area (Å²) in [5.41, 5.74) is 7.16. The van der Waals surface area contributed by atoms with Gasteiger partial charge in [0.2, 0.25) is 0 Å². The molecule has 7 nitrogen and oxygen atoms in total. The van der Waals surface area contributed by atoms with E-state index in [-0.39, 0.29) is 27.6 Å². The molecule has 9 heteroatoms. The van der Waals surface area contributed by atoms with Crippen LogP contribution < -0.4 is 5.32 Å². The van der Waals surface area contributed by atoms with E-state index in [1.807, 2.05) is 18.3 Å². The number of carbonyl (C=O) groups excluding carboxylic acids is 1. The summed E-state index contributed by atoms with van der Waals surface area (Å²) >= 11 is 12.3. The Hall–Kier alpha value is -3.78. The molecule has 3 heterocycles. The number of nitrogens with zero attached hydrogens (tertiary/aromatic N) is 5. The van der Waals surface area contributed by atoms with Crippen molar-refractivity contribution in [3.63, 3.8) is 0 Å². The van der Waals surface area contributed by atoms with Crippen LogP contribution in [0.4, 0.5) is 0 Å². The predicted molar refractivity (Wildman–Crippen MR) is 167 cm³/mol. The number of pyridine rings is 2. The van der Waals surface area contributed by atoms with E-state index >= 15 is 0 Å². The van der Waals surface area contributed by atoms with Crippen LogP contribution >= 0.6 is 23.2 Å². The molecule has 42 heavy (non-hydrogen) atoms. The summed E-state index contributed by atoms with van der Waals surface area (Å²) < 4.78 is 2.20. The fourth-order valence-corrected chi connectivity index (χ4v) is 6.38. The lowest BCUT2D eigenvalue weighted by Crippen LogP contribution is -2.33. The number of benzene rings is 2. The van der Waals surface area contributed by atoms with Crippen molar-refractivity contribution in [2.24, 2.45) is 7.05 Å². The first-order valence-corrected chi connectivity index (χ1v) is 15.0. The third kappa shape index (κ3) is 6.04. The first kappa shape index (κ1) is 28.3. The molecule has 1 unspecified atom stereocenters. The number of para-hydroxylation sites is 2. The molecule has 1 N–H and O–H groups in total. The van der Waals surface area contributed by atoms with Crippen molar-refractivity contribution in [3.05, 3.63) is 123 Å². The molecule has 3 aromatic heterocycles. The summed E-state index contributed by atoms with van der Waals surface area (Å²) in [7, 11) is 2.10. The van der Waals surface area contributed by atoms with E-state index in [1.54, 1.807) is 0 Å². The number of nitrogens with one attached hydrogen (secondary N) is 1. The Kier molecular flexibility index (Phi) is 8.51. The lowest BCUT2D eigenvalue weighted by molar-refractivity contribution is 0.0951. The van der Waals surface area contributed by atoms with Gasteiger partial charge in [-0.3, -0.25) is 19.7 Å². The van der Waals surface area contributed by atoms with Crippen molar-refractivity contribution in [3.8, 4) is 0 Å².